The molecule has 0 amide bonds. The van der Waals surface area contributed by atoms with Crippen LogP contribution in [0.5, 0.6) is 5.75 Å². The number of hydrogen-bond acceptors (Lipinski definition) is 4. The summed E-state index contributed by atoms with van der Waals surface area (Å²) in [6.45, 7) is 0. The molecule has 2 aliphatic rings. The van der Waals surface area contributed by atoms with Crippen LogP contribution < -0.4 is 4.74 Å². The van der Waals surface area contributed by atoms with Crippen molar-refractivity contribution in [2.24, 2.45) is 5.10 Å². The lowest BCUT2D eigenvalue weighted by Crippen LogP contribution is -2.33. The zero-order valence-corrected chi connectivity index (χ0v) is 15.7. The second-order valence-corrected chi connectivity index (χ2v) is 7.40. The van der Waals surface area contributed by atoms with Crippen LogP contribution in [-0.4, -0.2) is 15.7 Å². The van der Waals surface area contributed by atoms with Gasteiger partial charge in [-0.05, 0) is 36.4 Å². The SMILES string of the molecule is Clc1ccc2c(c1)[C@@H]1CC(c3ccncc3)=NN1[C@H](c1ccccc1Cl)O2. The minimum Gasteiger partial charge on any atom is -0.464 e. The Kier molecular flexibility index (Phi) is 4.03. The predicted octanol–water partition coefficient (Wildman–Crippen LogP) is 5.63. The molecule has 2 aromatic carbocycles. The van der Waals surface area contributed by atoms with E-state index < -0.39 is 6.23 Å². The van der Waals surface area contributed by atoms with E-state index in [1.54, 1.807) is 12.4 Å². The van der Waals surface area contributed by atoms with Crippen molar-refractivity contribution >= 4 is 28.9 Å². The van der Waals surface area contributed by atoms with Gasteiger partial charge in [-0.15, -0.1) is 0 Å². The molecule has 3 aromatic rings. The molecule has 0 fully saturated rings. The van der Waals surface area contributed by atoms with E-state index in [0.29, 0.717) is 10.0 Å². The number of benzene rings is 2. The Morgan fingerprint density at radius 2 is 1.78 bits per heavy atom. The van der Waals surface area contributed by atoms with Crippen LogP contribution in [0.25, 0.3) is 0 Å². The van der Waals surface area contributed by atoms with Crippen molar-refractivity contribution in [2.75, 3.05) is 0 Å². The van der Waals surface area contributed by atoms with E-state index in [9.17, 15) is 0 Å². The van der Waals surface area contributed by atoms with Gasteiger partial charge in [0.25, 0.3) is 0 Å². The maximum atomic E-state index is 6.47. The predicted molar refractivity (Wildman–Crippen MR) is 106 cm³/mol. The van der Waals surface area contributed by atoms with Crippen molar-refractivity contribution in [3.8, 4) is 5.75 Å². The first kappa shape index (κ1) is 16.6. The highest BCUT2D eigenvalue weighted by atomic mass is 35.5. The van der Waals surface area contributed by atoms with E-state index in [4.69, 9.17) is 33.0 Å². The van der Waals surface area contributed by atoms with Gasteiger partial charge in [-0.2, -0.15) is 5.10 Å². The van der Waals surface area contributed by atoms with Crippen LogP contribution >= 0.6 is 23.2 Å². The van der Waals surface area contributed by atoms with E-state index in [1.165, 1.54) is 0 Å². The number of pyridine rings is 1. The molecule has 0 bridgehead atoms. The zero-order valence-electron chi connectivity index (χ0n) is 14.2. The Bertz CT molecular complexity index is 1040. The van der Waals surface area contributed by atoms with Gasteiger partial charge in [0.05, 0.1) is 11.8 Å². The quantitative estimate of drug-likeness (QED) is 0.563. The molecule has 27 heavy (non-hydrogen) atoms. The van der Waals surface area contributed by atoms with Gasteiger partial charge in [0.2, 0.25) is 6.23 Å². The Morgan fingerprint density at radius 3 is 2.59 bits per heavy atom. The molecule has 0 saturated heterocycles. The highest BCUT2D eigenvalue weighted by molar-refractivity contribution is 6.31. The number of hydrogen-bond donors (Lipinski definition) is 0. The molecule has 2 atom stereocenters. The molecule has 4 nitrogen and oxygen atoms in total. The fourth-order valence-corrected chi connectivity index (χ4v) is 4.07. The topological polar surface area (TPSA) is 37.7 Å². The van der Waals surface area contributed by atoms with Crippen molar-refractivity contribution < 1.29 is 4.74 Å². The third-order valence-corrected chi connectivity index (χ3v) is 5.52. The minimum atomic E-state index is -0.392. The largest absolute Gasteiger partial charge is 0.464 e. The first-order valence-electron chi connectivity index (χ1n) is 8.67. The second-order valence-electron chi connectivity index (χ2n) is 6.56. The molecule has 6 heteroatoms. The summed E-state index contributed by atoms with van der Waals surface area (Å²) in [6.07, 6.45) is 3.93. The van der Waals surface area contributed by atoms with E-state index in [2.05, 4.69) is 4.98 Å². The average molecular weight is 396 g/mol. The first-order valence-corrected chi connectivity index (χ1v) is 9.43. The molecule has 0 aliphatic carbocycles. The van der Waals surface area contributed by atoms with Crippen molar-refractivity contribution in [3.05, 3.63) is 93.7 Å². The molecule has 0 N–H and O–H groups in total. The third kappa shape index (κ3) is 2.85. The molecule has 1 aromatic heterocycles. The van der Waals surface area contributed by atoms with Crippen molar-refractivity contribution in [2.45, 2.75) is 18.7 Å². The Labute approximate surface area is 167 Å². The van der Waals surface area contributed by atoms with E-state index in [-0.39, 0.29) is 6.04 Å². The zero-order chi connectivity index (χ0) is 18.4. The van der Waals surface area contributed by atoms with Crippen LogP contribution in [0.4, 0.5) is 0 Å². The van der Waals surface area contributed by atoms with Gasteiger partial charge < -0.3 is 4.74 Å². The lowest BCUT2D eigenvalue weighted by atomic mass is 9.96. The summed E-state index contributed by atoms with van der Waals surface area (Å²) < 4.78 is 6.32. The summed E-state index contributed by atoms with van der Waals surface area (Å²) in [7, 11) is 0. The molecule has 0 spiro atoms. The van der Waals surface area contributed by atoms with Crippen LogP contribution in [-0.2, 0) is 0 Å². The molecular weight excluding hydrogens is 381 g/mol. The van der Waals surface area contributed by atoms with Gasteiger partial charge in [-0.25, -0.2) is 5.01 Å². The Balaban J connectivity index is 1.64. The molecule has 2 aliphatic heterocycles. The molecule has 0 radical (unpaired) electrons. The lowest BCUT2D eigenvalue weighted by Gasteiger charge is -2.38. The van der Waals surface area contributed by atoms with Crippen LogP contribution in [0.1, 0.15) is 35.4 Å². The molecule has 0 saturated carbocycles. The van der Waals surface area contributed by atoms with Crippen LogP contribution in [0.3, 0.4) is 0 Å². The summed E-state index contributed by atoms with van der Waals surface area (Å²) in [4.78, 5) is 4.10. The van der Waals surface area contributed by atoms with Gasteiger partial charge in [0, 0.05) is 45.6 Å². The summed E-state index contributed by atoms with van der Waals surface area (Å²) in [6, 6.07) is 17.4. The van der Waals surface area contributed by atoms with Crippen LogP contribution in [0.2, 0.25) is 10.0 Å². The Morgan fingerprint density at radius 1 is 0.963 bits per heavy atom. The van der Waals surface area contributed by atoms with Gasteiger partial charge >= 0.3 is 0 Å². The molecule has 5 rings (SSSR count). The monoisotopic (exact) mass is 395 g/mol. The number of aromatic nitrogens is 1. The third-order valence-electron chi connectivity index (χ3n) is 4.94. The van der Waals surface area contributed by atoms with E-state index in [1.807, 2.05) is 59.6 Å². The van der Waals surface area contributed by atoms with Crippen LogP contribution in [0.15, 0.2) is 72.1 Å². The fourth-order valence-electron chi connectivity index (χ4n) is 3.66. The van der Waals surface area contributed by atoms with E-state index in [0.717, 1.165) is 34.6 Å². The summed E-state index contributed by atoms with van der Waals surface area (Å²) >= 11 is 12.7. The lowest BCUT2D eigenvalue weighted by molar-refractivity contribution is -0.0189. The summed E-state index contributed by atoms with van der Waals surface area (Å²) in [5.41, 5.74) is 3.99. The standard InChI is InChI=1S/C21H15Cl2N3O/c22-14-5-6-20-16(11-14)19-12-18(13-7-9-24-10-8-13)25-26(19)21(27-20)15-3-1-2-4-17(15)23/h1-11,19,21H,12H2/t19-,21-/m0/s1. The van der Waals surface area contributed by atoms with Crippen LogP contribution in [0, 0.1) is 0 Å². The average Bonchev–Trinajstić information content (AvgIpc) is 3.15. The number of ether oxygens (including phenoxy) is 1. The van der Waals surface area contributed by atoms with Gasteiger partial charge in [0.1, 0.15) is 5.75 Å². The number of fused-ring (bicyclic) bond motifs is 3. The highest BCUT2D eigenvalue weighted by Crippen LogP contribution is 2.48. The van der Waals surface area contributed by atoms with Gasteiger partial charge in [0.15, 0.2) is 0 Å². The summed E-state index contributed by atoms with van der Waals surface area (Å²) in [5, 5.41) is 8.24. The maximum absolute atomic E-state index is 6.47. The highest BCUT2D eigenvalue weighted by Gasteiger charge is 2.41. The maximum Gasteiger partial charge on any atom is 0.215 e. The van der Waals surface area contributed by atoms with Gasteiger partial charge in [-0.3, -0.25) is 4.98 Å². The second kappa shape index (κ2) is 6.55. The number of rotatable bonds is 2. The fraction of sp³-hybridized carbons (Fsp3) is 0.143. The van der Waals surface area contributed by atoms with E-state index >= 15 is 0 Å². The molecular formula is C21H15Cl2N3O. The van der Waals surface area contributed by atoms with Gasteiger partial charge in [-0.1, -0.05) is 41.4 Å². The van der Waals surface area contributed by atoms with Crippen molar-refractivity contribution in [1.29, 1.82) is 0 Å². The Hall–Kier alpha value is -2.56. The molecule has 3 heterocycles. The first-order chi connectivity index (χ1) is 13.2. The van der Waals surface area contributed by atoms with Crippen molar-refractivity contribution in [3.63, 3.8) is 0 Å². The number of halogens is 2. The minimum absolute atomic E-state index is 0.0388. The number of hydrazone groups is 1. The smallest absolute Gasteiger partial charge is 0.215 e. The van der Waals surface area contributed by atoms with Crippen molar-refractivity contribution in [1.82, 2.24) is 9.99 Å². The molecule has 0 unspecified atom stereocenters. The normalized spacial score (nSPS) is 20.5. The summed E-state index contributed by atoms with van der Waals surface area (Å²) in [5.74, 6) is 0.816. The number of nitrogens with zero attached hydrogens (tertiary/aromatic N) is 3. The molecule has 134 valence electrons.